The number of nitrogens with two attached hydrogens (primary N) is 1. The summed E-state index contributed by atoms with van der Waals surface area (Å²) in [5.41, 5.74) is 6.78. The average Bonchev–Trinajstić information content (AvgIpc) is 3.53. The van der Waals surface area contributed by atoms with E-state index in [1.165, 1.54) is 16.5 Å². The van der Waals surface area contributed by atoms with Gasteiger partial charge in [-0.25, -0.2) is 4.98 Å². The number of carbonyl (C=O) groups excluding carboxylic acids is 4. The molecule has 2 aromatic heterocycles. The summed E-state index contributed by atoms with van der Waals surface area (Å²) in [6.07, 6.45) is 1.81. The summed E-state index contributed by atoms with van der Waals surface area (Å²) in [6, 6.07) is 9.97. The number of nitrogens with one attached hydrogen (secondary N) is 1. The van der Waals surface area contributed by atoms with Crippen molar-refractivity contribution in [3.05, 3.63) is 52.8 Å². The van der Waals surface area contributed by atoms with Gasteiger partial charge in [-0.15, -0.1) is 0 Å². The standard InChI is InChI=1S/C23H23ClN6O4/c1-13(31)9-14-5-8-17-16(10-14)22(23(25)34)28-30(17)12-21(33)29(15-6-7-15)11-20(32)27-19-4-2-3-18(24)26-19/h2-5,8,10,15H,6-7,9,11-12H2,1H3,(H2,25,34)(H,26,27,32). The molecule has 0 saturated heterocycles. The van der Waals surface area contributed by atoms with Crippen LogP contribution < -0.4 is 11.1 Å². The minimum Gasteiger partial charge on any atom is -0.364 e. The third-order valence-electron chi connectivity index (χ3n) is 5.39. The van der Waals surface area contributed by atoms with E-state index >= 15 is 0 Å². The SMILES string of the molecule is CC(=O)Cc1ccc2c(c1)c(C(N)=O)nn2CC(=O)N(CC(=O)Nc1cccc(Cl)n1)C1CC1. The lowest BCUT2D eigenvalue weighted by Crippen LogP contribution is -2.41. The third kappa shape index (κ3) is 5.40. The number of aromatic nitrogens is 3. The predicted molar refractivity (Wildman–Crippen MR) is 125 cm³/mol. The highest BCUT2D eigenvalue weighted by Crippen LogP contribution is 2.28. The van der Waals surface area contributed by atoms with Crippen molar-refractivity contribution in [2.24, 2.45) is 5.73 Å². The number of benzene rings is 1. The predicted octanol–water partition coefficient (Wildman–Crippen LogP) is 1.94. The number of nitrogens with zero attached hydrogens (tertiary/aromatic N) is 4. The topological polar surface area (TPSA) is 140 Å². The second kappa shape index (κ2) is 9.60. The van der Waals surface area contributed by atoms with Crippen LogP contribution in [0.25, 0.3) is 10.9 Å². The smallest absolute Gasteiger partial charge is 0.269 e. The van der Waals surface area contributed by atoms with Crippen molar-refractivity contribution in [3.8, 4) is 0 Å². The van der Waals surface area contributed by atoms with Crippen molar-refractivity contribution in [1.29, 1.82) is 0 Å². The number of hydrogen-bond acceptors (Lipinski definition) is 6. The summed E-state index contributed by atoms with van der Waals surface area (Å²) in [7, 11) is 0. The maximum atomic E-state index is 13.2. The van der Waals surface area contributed by atoms with Gasteiger partial charge in [0.25, 0.3) is 5.91 Å². The average molecular weight is 483 g/mol. The molecule has 0 spiro atoms. The van der Waals surface area contributed by atoms with E-state index in [2.05, 4.69) is 15.4 Å². The van der Waals surface area contributed by atoms with Crippen LogP contribution in [-0.4, -0.2) is 55.8 Å². The molecule has 1 aliphatic rings. The van der Waals surface area contributed by atoms with Crippen molar-refractivity contribution >= 4 is 51.8 Å². The zero-order chi connectivity index (χ0) is 24.4. The van der Waals surface area contributed by atoms with Crippen LogP contribution in [0.2, 0.25) is 5.15 Å². The molecule has 3 amide bonds. The molecule has 1 aromatic carbocycles. The quantitative estimate of drug-likeness (QED) is 0.446. The first-order valence-corrected chi connectivity index (χ1v) is 11.1. The summed E-state index contributed by atoms with van der Waals surface area (Å²) in [4.78, 5) is 54.7. The third-order valence-corrected chi connectivity index (χ3v) is 5.60. The molecule has 1 saturated carbocycles. The van der Waals surface area contributed by atoms with E-state index < -0.39 is 11.8 Å². The van der Waals surface area contributed by atoms with Gasteiger partial charge in [-0.3, -0.25) is 23.9 Å². The van der Waals surface area contributed by atoms with Crippen LogP contribution in [-0.2, 0) is 27.3 Å². The number of rotatable bonds is 9. The van der Waals surface area contributed by atoms with Gasteiger partial charge in [0, 0.05) is 17.8 Å². The van der Waals surface area contributed by atoms with Crippen LogP contribution in [0.15, 0.2) is 36.4 Å². The van der Waals surface area contributed by atoms with E-state index in [1.54, 1.807) is 36.4 Å². The lowest BCUT2D eigenvalue weighted by molar-refractivity contribution is -0.135. The van der Waals surface area contributed by atoms with E-state index in [4.69, 9.17) is 17.3 Å². The minimum absolute atomic E-state index is 0.0196. The first-order valence-electron chi connectivity index (χ1n) is 10.7. The monoisotopic (exact) mass is 482 g/mol. The maximum absolute atomic E-state index is 13.2. The number of carbonyl (C=O) groups is 4. The number of amides is 3. The van der Waals surface area contributed by atoms with Gasteiger partial charge in [0.2, 0.25) is 11.8 Å². The zero-order valence-electron chi connectivity index (χ0n) is 18.5. The Labute approximate surface area is 200 Å². The summed E-state index contributed by atoms with van der Waals surface area (Å²) in [5, 5.41) is 7.62. The Kier molecular flexibility index (Phi) is 6.60. The van der Waals surface area contributed by atoms with Gasteiger partial charge >= 0.3 is 0 Å². The summed E-state index contributed by atoms with van der Waals surface area (Å²) < 4.78 is 1.40. The van der Waals surface area contributed by atoms with Gasteiger partial charge in [0.05, 0.1) is 5.52 Å². The summed E-state index contributed by atoms with van der Waals surface area (Å²) in [5.74, 6) is -1.17. The highest BCUT2D eigenvalue weighted by Gasteiger charge is 2.34. The number of halogens is 1. The second-order valence-corrected chi connectivity index (χ2v) is 8.63. The van der Waals surface area contributed by atoms with Gasteiger partial charge in [-0.05, 0) is 49.6 Å². The molecule has 34 heavy (non-hydrogen) atoms. The van der Waals surface area contributed by atoms with Crippen LogP contribution >= 0.6 is 11.6 Å². The molecule has 4 rings (SSSR count). The molecule has 1 fully saturated rings. The van der Waals surface area contributed by atoms with Gasteiger partial charge in [-0.1, -0.05) is 23.7 Å². The van der Waals surface area contributed by atoms with Gasteiger partial charge in [0.1, 0.15) is 29.8 Å². The minimum atomic E-state index is -0.733. The fourth-order valence-electron chi connectivity index (χ4n) is 3.77. The van der Waals surface area contributed by atoms with Crippen molar-refractivity contribution in [1.82, 2.24) is 19.7 Å². The normalized spacial score (nSPS) is 13.0. The number of ketones is 1. The fraction of sp³-hybridized carbons (Fsp3) is 0.304. The molecule has 176 valence electrons. The summed E-state index contributed by atoms with van der Waals surface area (Å²) in [6.45, 7) is 1.16. The Morgan fingerprint density at radius 3 is 2.62 bits per heavy atom. The van der Waals surface area contributed by atoms with E-state index in [-0.39, 0.29) is 48.1 Å². The van der Waals surface area contributed by atoms with Crippen LogP contribution in [0.3, 0.4) is 0 Å². The van der Waals surface area contributed by atoms with Crippen molar-refractivity contribution < 1.29 is 19.2 Å². The van der Waals surface area contributed by atoms with Gasteiger partial charge < -0.3 is 16.0 Å². The van der Waals surface area contributed by atoms with Crippen molar-refractivity contribution in [2.45, 2.75) is 38.8 Å². The van der Waals surface area contributed by atoms with E-state index in [0.717, 1.165) is 18.4 Å². The van der Waals surface area contributed by atoms with Gasteiger partial charge in [0.15, 0.2) is 5.69 Å². The molecule has 0 atom stereocenters. The second-order valence-electron chi connectivity index (χ2n) is 8.25. The lowest BCUT2D eigenvalue weighted by Gasteiger charge is -2.22. The Bertz CT molecular complexity index is 1300. The van der Waals surface area contributed by atoms with E-state index in [0.29, 0.717) is 16.7 Å². The lowest BCUT2D eigenvalue weighted by atomic mass is 10.1. The van der Waals surface area contributed by atoms with E-state index in [1.807, 2.05) is 0 Å². The van der Waals surface area contributed by atoms with Crippen LogP contribution in [0.4, 0.5) is 5.82 Å². The van der Waals surface area contributed by atoms with Crippen LogP contribution in [0.1, 0.15) is 35.8 Å². The largest absolute Gasteiger partial charge is 0.364 e. The molecule has 1 aliphatic carbocycles. The number of anilines is 1. The number of Topliss-reactive ketones (excluding diaryl/α,β-unsaturated/α-hetero) is 1. The molecule has 3 aromatic rings. The molecular weight excluding hydrogens is 460 g/mol. The number of fused-ring (bicyclic) bond motifs is 1. The molecule has 0 unspecified atom stereocenters. The number of hydrogen-bond donors (Lipinski definition) is 2. The Hall–Kier alpha value is -3.79. The fourth-order valence-corrected chi connectivity index (χ4v) is 3.93. The number of pyridine rings is 1. The first kappa shape index (κ1) is 23.4. The Morgan fingerprint density at radius 2 is 1.97 bits per heavy atom. The highest BCUT2D eigenvalue weighted by molar-refractivity contribution is 6.29. The van der Waals surface area contributed by atoms with Crippen LogP contribution in [0, 0.1) is 0 Å². The first-order chi connectivity index (χ1) is 16.2. The molecule has 0 aliphatic heterocycles. The van der Waals surface area contributed by atoms with Crippen LogP contribution in [0.5, 0.6) is 0 Å². The molecule has 10 nitrogen and oxygen atoms in total. The molecule has 11 heteroatoms. The molecular formula is C23H23ClN6O4. The molecule has 0 bridgehead atoms. The maximum Gasteiger partial charge on any atom is 0.269 e. The molecule has 0 radical (unpaired) electrons. The Balaban J connectivity index is 1.53. The number of primary amides is 1. The highest BCUT2D eigenvalue weighted by atomic mass is 35.5. The summed E-state index contributed by atoms with van der Waals surface area (Å²) >= 11 is 5.86. The Morgan fingerprint density at radius 1 is 1.21 bits per heavy atom. The zero-order valence-corrected chi connectivity index (χ0v) is 19.2. The van der Waals surface area contributed by atoms with E-state index in [9.17, 15) is 19.2 Å². The van der Waals surface area contributed by atoms with Gasteiger partial charge in [-0.2, -0.15) is 5.10 Å². The van der Waals surface area contributed by atoms with Crippen molar-refractivity contribution in [2.75, 3.05) is 11.9 Å². The molecule has 2 heterocycles. The molecule has 3 N–H and O–H groups in total. The van der Waals surface area contributed by atoms with Crippen molar-refractivity contribution in [3.63, 3.8) is 0 Å².